The molecule has 0 bridgehead atoms. The van der Waals surface area contributed by atoms with Gasteiger partial charge in [-0.3, -0.25) is 0 Å². The van der Waals surface area contributed by atoms with Gasteiger partial charge in [-0.15, -0.1) is 0 Å². The van der Waals surface area contributed by atoms with Gasteiger partial charge in [0.05, 0.1) is 0 Å². The second-order valence-electron chi connectivity index (χ2n) is 5.50. The number of carbonyl (C=O) groups is 1. The van der Waals surface area contributed by atoms with E-state index in [1.165, 1.54) is 0 Å². The zero-order chi connectivity index (χ0) is 14.9. The summed E-state index contributed by atoms with van der Waals surface area (Å²) in [7, 11) is 0. The molecular weight excluding hydrogens is 254 g/mol. The molecule has 0 aliphatic rings. The number of benzene rings is 1. The topological polar surface area (TPSA) is 63.3 Å². The molecule has 0 amide bonds. The Balaban J connectivity index is 2.63. The number of rotatable bonds is 4. The number of nitrogens with zero attached hydrogens (tertiary/aromatic N) is 1. The molecule has 0 atom stereocenters. The van der Waals surface area contributed by atoms with Crippen molar-refractivity contribution in [1.29, 1.82) is 0 Å². The standard InChI is InChI=1S/C16H19NO3/c1-9(2)8-12-14(16(18)19)15(17-20-12)13-10(3)6-5-7-11(13)4/h5-7,9H,8H2,1-4H3,(H,18,19). The van der Waals surface area contributed by atoms with E-state index in [1.807, 2.05) is 45.9 Å². The molecule has 1 aromatic carbocycles. The van der Waals surface area contributed by atoms with Crippen LogP contribution in [0.4, 0.5) is 0 Å². The van der Waals surface area contributed by atoms with Crippen molar-refractivity contribution in [3.63, 3.8) is 0 Å². The quantitative estimate of drug-likeness (QED) is 0.918. The van der Waals surface area contributed by atoms with E-state index in [-0.39, 0.29) is 5.56 Å². The van der Waals surface area contributed by atoms with E-state index in [1.54, 1.807) is 0 Å². The van der Waals surface area contributed by atoms with Crippen molar-refractivity contribution in [2.45, 2.75) is 34.1 Å². The van der Waals surface area contributed by atoms with Crippen LogP contribution in [0.5, 0.6) is 0 Å². The summed E-state index contributed by atoms with van der Waals surface area (Å²) in [6.45, 7) is 7.94. The molecule has 0 spiro atoms. The van der Waals surface area contributed by atoms with Gasteiger partial charge >= 0.3 is 5.97 Å². The second kappa shape index (κ2) is 5.49. The highest BCUT2D eigenvalue weighted by Crippen LogP contribution is 2.31. The summed E-state index contributed by atoms with van der Waals surface area (Å²) in [6, 6.07) is 5.85. The molecule has 0 aliphatic heterocycles. The van der Waals surface area contributed by atoms with Crippen LogP contribution in [-0.4, -0.2) is 16.2 Å². The molecular formula is C16H19NO3. The summed E-state index contributed by atoms with van der Waals surface area (Å²) in [6.07, 6.45) is 0.569. The molecule has 1 heterocycles. The van der Waals surface area contributed by atoms with Crippen molar-refractivity contribution in [3.8, 4) is 11.3 Å². The molecule has 1 aromatic heterocycles. The van der Waals surface area contributed by atoms with Gasteiger partial charge in [0.15, 0.2) is 5.76 Å². The van der Waals surface area contributed by atoms with Gasteiger partial charge in [0.2, 0.25) is 0 Å². The van der Waals surface area contributed by atoms with Crippen LogP contribution in [0.2, 0.25) is 0 Å². The lowest BCUT2D eigenvalue weighted by Gasteiger charge is -2.07. The number of hydrogen-bond acceptors (Lipinski definition) is 3. The average molecular weight is 273 g/mol. The molecule has 4 nitrogen and oxygen atoms in total. The van der Waals surface area contributed by atoms with E-state index < -0.39 is 5.97 Å². The molecule has 1 N–H and O–H groups in total. The van der Waals surface area contributed by atoms with Gasteiger partial charge in [-0.2, -0.15) is 0 Å². The van der Waals surface area contributed by atoms with Crippen LogP contribution in [0.3, 0.4) is 0 Å². The first kappa shape index (κ1) is 14.3. The van der Waals surface area contributed by atoms with Crippen molar-refractivity contribution in [1.82, 2.24) is 5.16 Å². The maximum absolute atomic E-state index is 11.6. The van der Waals surface area contributed by atoms with Gasteiger partial charge in [-0.05, 0) is 30.9 Å². The van der Waals surface area contributed by atoms with Gasteiger partial charge in [0, 0.05) is 12.0 Å². The van der Waals surface area contributed by atoms with Crippen molar-refractivity contribution in [2.24, 2.45) is 5.92 Å². The van der Waals surface area contributed by atoms with Gasteiger partial charge in [0.1, 0.15) is 11.3 Å². The van der Waals surface area contributed by atoms with Gasteiger partial charge in [0.25, 0.3) is 0 Å². The lowest BCUT2D eigenvalue weighted by molar-refractivity contribution is 0.0695. The monoisotopic (exact) mass is 273 g/mol. The number of aromatic nitrogens is 1. The third kappa shape index (κ3) is 2.59. The Morgan fingerprint density at radius 3 is 2.40 bits per heavy atom. The molecule has 0 saturated heterocycles. The van der Waals surface area contributed by atoms with Crippen LogP contribution in [0, 0.1) is 19.8 Å². The average Bonchev–Trinajstić information content (AvgIpc) is 2.71. The number of carboxylic acids is 1. The molecule has 4 heteroatoms. The smallest absolute Gasteiger partial charge is 0.341 e. The summed E-state index contributed by atoms with van der Waals surface area (Å²) < 4.78 is 5.30. The predicted octanol–water partition coefficient (Wildman–Crippen LogP) is 3.86. The van der Waals surface area contributed by atoms with E-state index in [4.69, 9.17) is 4.52 Å². The first-order valence-electron chi connectivity index (χ1n) is 6.70. The highest BCUT2D eigenvalue weighted by atomic mass is 16.5. The molecule has 0 unspecified atom stereocenters. The molecule has 2 rings (SSSR count). The molecule has 20 heavy (non-hydrogen) atoms. The predicted molar refractivity (Wildman–Crippen MR) is 76.9 cm³/mol. The first-order chi connectivity index (χ1) is 9.41. The fourth-order valence-electron chi connectivity index (χ4n) is 2.41. The van der Waals surface area contributed by atoms with Crippen molar-refractivity contribution < 1.29 is 14.4 Å². The maximum atomic E-state index is 11.6. The molecule has 0 aliphatic carbocycles. The molecule has 0 saturated carbocycles. The Labute approximate surface area is 118 Å². The SMILES string of the molecule is Cc1cccc(C)c1-c1noc(CC(C)C)c1C(=O)O. The Bertz CT molecular complexity index is 621. The Kier molecular flexibility index (Phi) is 3.93. The lowest BCUT2D eigenvalue weighted by atomic mass is 9.95. The third-order valence-corrected chi connectivity index (χ3v) is 3.29. The van der Waals surface area contributed by atoms with E-state index in [9.17, 15) is 9.90 Å². The van der Waals surface area contributed by atoms with E-state index in [0.29, 0.717) is 23.8 Å². The number of carboxylic acid groups (broad SMARTS) is 1. The first-order valence-corrected chi connectivity index (χ1v) is 6.70. The van der Waals surface area contributed by atoms with Crippen LogP contribution in [0.15, 0.2) is 22.7 Å². The minimum Gasteiger partial charge on any atom is -0.477 e. The van der Waals surface area contributed by atoms with E-state index >= 15 is 0 Å². The maximum Gasteiger partial charge on any atom is 0.341 e. The third-order valence-electron chi connectivity index (χ3n) is 3.29. The largest absolute Gasteiger partial charge is 0.477 e. The fourth-order valence-corrected chi connectivity index (χ4v) is 2.41. The van der Waals surface area contributed by atoms with E-state index in [0.717, 1.165) is 16.7 Å². The van der Waals surface area contributed by atoms with Crippen LogP contribution >= 0.6 is 0 Å². The number of aryl methyl sites for hydroxylation is 2. The van der Waals surface area contributed by atoms with Crippen LogP contribution in [0.1, 0.15) is 41.1 Å². The van der Waals surface area contributed by atoms with Gasteiger partial charge in [-0.25, -0.2) is 4.79 Å². The van der Waals surface area contributed by atoms with Crippen molar-refractivity contribution >= 4 is 5.97 Å². The highest BCUT2D eigenvalue weighted by molar-refractivity contribution is 5.96. The zero-order valence-corrected chi connectivity index (χ0v) is 12.2. The Morgan fingerprint density at radius 1 is 1.30 bits per heavy atom. The Morgan fingerprint density at radius 2 is 1.90 bits per heavy atom. The number of hydrogen-bond donors (Lipinski definition) is 1. The zero-order valence-electron chi connectivity index (χ0n) is 12.2. The van der Waals surface area contributed by atoms with Crippen LogP contribution in [-0.2, 0) is 6.42 Å². The second-order valence-corrected chi connectivity index (χ2v) is 5.50. The Hall–Kier alpha value is -2.10. The fraction of sp³-hybridized carbons (Fsp3) is 0.375. The van der Waals surface area contributed by atoms with Crippen molar-refractivity contribution in [3.05, 3.63) is 40.6 Å². The van der Waals surface area contributed by atoms with Crippen LogP contribution < -0.4 is 0 Å². The molecule has 0 fully saturated rings. The lowest BCUT2D eigenvalue weighted by Crippen LogP contribution is -2.04. The summed E-state index contributed by atoms with van der Waals surface area (Å²) >= 11 is 0. The molecule has 106 valence electrons. The highest BCUT2D eigenvalue weighted by Gasteiger charge is 2.25. The molecule has 2 aromatic rings. The van der Waals surface area contributed by atoms with Crippen molar-refractivity contribution in [2.75, 3.05) is 0 Å². The molecule has 0 radical (unpaired) electrons. The summed E-state index contributed by atoms with van der Waals surface area (Å²) in [5.41, 5.74) is 3.47. The van der Waals surface area contributed by atoms with Crippen LogP contribution in [0.25, 0.3) is 11.3 Å². The summed E-state index contributed by atoms with van der Waals surface area (Å²) in [4.78, 5) is 11.6. The summed E-state index contributed by atoms with van der Waals surface area (Å²) in [5, 5.41) is 13.5. The van der Waals surface area contributed by atoms with Gasteiger partial charge in [-0.1, -0.05) is 37.2 Å². The van der Waals surface area contributed by atoms with Gasteiger partial charge < -0.3 is 9.63 Å². The summed E-state index contributed by atoms with van der Waals surface area (Å²) in [5.74, 6) is -0.225. The minimum atomic E-state index is -0.987. The number of aromatic carboxylic acids is 1. The van der Waals surface area contributed by atoms with E-state index in [2.05, 4.69) is 5.16 Å². The normalized spacial score (nSPS) is 11.1. The minimum absolute atomic E-state index is 0.191.